The first kappa shape index (κ1) is 10.5. The number of aromatic carboxylic acids is 2. The van der Waals surface area contributed by atoms with E-state index in [1.807, 2.05) is 0 Å². The lowest BCUT2D eigenvalue weighted by Gasteiger charge is -1.99. The van der Waals surface area contributed by atoms with E-state index in [2.05, 4.69) is 0 Å². The molecule has 0 aliphatic heterocycles. The maximum Gasteiger partial charge on any atom is 0.349 e. The fraction of sp³-hybridized carbons (Fsp3) is 0.250. The van der Waals surface area contributed by atoms with Gasteiger partial charge in [-0.2, -0.15) is 0 Å². The second kappa shape index (κ2) is 4.10. The van der Waals surface area contributed by atoms with Crippen molar-refractivity contribution in [1.82, 2.24) is 0 Å². The number of carboxylic acid groups (broad SMARTS) is 2. The molecule has 0 aromatic carbocycles. The minimum Gasteiger partial charge on any atom is -0.492 e. The Labute approximate surface area is 83.6 Å². The summed E-state index contributed by atoms with van der Waals surface area (Å²) >= 11 is 0.692. The van der Waals surface area contributed by atoms with Crippen LogP contribution in [0, 0.1) is 0 Å². The summed E-state index contributed by atoms with van der Waals surface area (Å²) < 4.78 is 5.00. The van der Waals surface area contributed by atoms with Crippen LogP contribution >= 0.6 is 11.3 Å². The smallest absolute Gasteiger partial charge is 0.349 e. The van der Waals surface area contributed by atoms with Crippen molar-refractivity contribution in [2.75, 3.05) is 6.61 Å². The summed E-state index contributed by atoms with van der Waals surface area (Å²) in [7, 11) is 0. The van der Waals surface area contributed by atoms with Gasteiger partial charge < -0.3 is 14.9 Å². The number of hydrogen-bond donors (Lipinski definition) is 2. The van der Waals surface area contributed by atoms with Crippen LogP contribution in [0.2, 0.25) is 0 Å². The van der Waals surface area contributed by atoms with Crippen LogP contribution in [0.15, 0.2) is 6.07 Å². The van der Waals surface area contributed by atoms with Crippen LogP contribution in [0.25, 0.3) is 0 Å². The Morgan fingerprint density at radius 1 is 1.43 bits per heavy atom. The van der Waals surface area contributed by atoms with Gasteiger partial charge in [0.25, 0.3) is 0 Å². The van der Waals surface area contributed by atoms with Gasteiger partial charge in [-0.15, -0.1) is 11.3 Å². The third kappa shape index (κ3) is 2.02. The predicted molar refractivity (Wildman–Crippen MR) is 49.4 cm³/mol. The van der Waals surface area contributed by atoms with Crippen molar-refractivity contribution in [3.05, 3.63) is 15.8 Å². The average molecular weight is 216 g/mol. The first-order valence-corrected chi connectivity index (χ1v) is 4.61. The van der Waals surface area contributed by atoms with Crippen molar-refractivity contribution in [3.8, 4) is 5.75 Å². The molecule has 76 valence electrons. The maximum atomic E-state index is 10.7. The highest BCUT2D eigenvalue weighted by Crippen LogP contribution is 2.29. The highest BCUT2D eigenvalue weighted by molar-refractivity contribution is 7.16. The Kier molecular flexibility index (Phi) is 3.08. The molecule has 0 saturated heterocycles. The van der Waals surface area contributed by atoms with Gasteiger partial charge in [-0.25, -0.2) is 9.59 Å². The summed E-state index contributed by atoms with van der Waals surface area (Å²) in [6.07, 6.45) is 0. The number of rotatable bonds is 4. The van der Waals surface area contributed by atoms with Gasteiger partial charge in [-0.1, -0.05) is 0 Å². The van der Waals surface area contributed by atoms with Crippen LogP contribution in [0.1, 0.15) is 26.3 Å². The topological polar surface area (TPSA) is 83.8 Å². The first-order valence-electron chi connectivity index (χ1n) is 3.79. The minimum absolute atomic E-state index is 0.0362. The second-order valence-corrected chi connectivity index (χ2v) is 3.40. The Morgan fingerprint density at radius 3 is 2.50 bits per heavy atom. The van der Waals surface area contributed by atoms with Crippen LogP contribution < -0.4 is 4.74 Å². The molecule has 0 atom stereocenters. The number of hydrogen-bond acceptors (Lipinski definition) is 4. The zero-order valence-electron chi connectivity index (χ0n) is 7.31. The molecule has 0 unspecified atom stereocenters. The molecule has 0 radical (unpaired) electrons. The molecule has 1 aromatic heterocycles. The molecule has 0 saturated carbocycles. The molecule has 1 aromatic rings. The highest BCUT2D eigenvalue weighted by atomic mass is 32.1. The lowest BCUT2D eigenvalue weighted by atomic mass is 10.4. The molecule has 0 aliphatic carbocycles. The van der Waals surface area contributed by atoms with Gasteiger partial charge in [-0.3, -0.25) is 0 Å². The van der Waals surface area contributed by atoms with Gasteiger partial charge in [-0.05, 0) is 6.92 Å². The molecule has 5 nitrogen and oxygen atoms in total. The highest BCUT2D eigenvalue weighted by Gasteiger charge is 2.19. The zero-order valence-corrected chi connectivity index (χ0v) is 8.13. The number of thiophene rings is 1. The van der Waals surface area contributed by atoms with E-state index >= 15 is 0 Å². The fourth-order valence-electron chi connectivity index (χ4n) is 0.891. The number of carbonyl (C=O) groups is 2. The Balaban J connectivity index is 3.12. The Hall–Kier alpha value is -1.56. The maximum absolute atomic E-state index is 10.7. The van der Waals surface area contributed by atoms with E-state index in [9.17, 15) is 9.59 Å². The normalized spacial score (nSPS) is 9.79. The van der Waals surface area contributed by atoms with Crippen molar-refractivity contribution in [2.24, 2.45) is 0 Å². The van der Waals surface area contributed by atoms with Crippen LogP contribution in [0.3, 0.4) is 0 Å². The summed E-state index contributed by atoms with van der Waals surface area (Å²) in [5.74, 6) is -2.21. The van der Waals surface area contributed by atoms with E-state index in [0.29, 0.717) is 17.9 Å². The van der Waals surface area contributed by atoms with Crippen molar-refractivity contribution in [3.63, 3.8) is 0 Å². The van der Waals surface area contributed by atoms with Crippen LogP contribution in [0.4, 0.5) is 0 Å². The van der Waals surface area contributed by atoms with Gasteiger partial charge in [0.1, 0.15) is 10.6 Å². The lowest BCUT2D eigenvalue weighted by molar-refractivity contribution is 0.0689. The summed E-state index contributed by atoms with van der Waals surface area (Å²) in [5.41, 5.74) is 0. The van der Waals surface area contributed by atoms with Crippen LogP contribution in [-0.2, 0) is 0 Å². The summed E-state index contributed by atoms with van der Waals surface area (Å²) in [5, 5.41) is 17.4. The Bertz CT molecular complexity index is 368. The molecule has 14 heavy (non-hydrogen) atoms. The van der Waals surface area contributed by atoms with Gasteiger partial charge >= 0.3 is 11.9 Å². The molecule has 1 rings (SSSR count). The van der Waals surface area contributed by atoms with E-state index in [0.717, 1.165) is 0 Å². The van der Waals surface area contributed by atoms with Gasteiger partial charge in [0.05, 0.1) is 6.61 Å². The molecule has 6 heteroatoms. The van der Waals surface area contributed by atoms with E-state index < -0.39 is 11.9 Å². The molecule has 0 amide bonds. The van der Waals surface area contributed by atoms with Crippen molar-refractivity contribution in [1.29, 1.82) is 0 Å². The molecule has 0 spiro atoms. The molecular formula is C8H8O5S. The third-order valence-electron chi connectivity index (χ3n) is 1.40. The Morgan fingerprint density at radius 2 is 2.07 bits per heavy atom. The molecule has 2 N–H and O–H groups in total. The second-order valence-electron chi connectivity index (χ2n) is 2.35. The minimum atomic E-state index is -1.18. The first-order chi connectivity index (χ1) is 6.56. The predicted octanol–water partition coefficient (Wildman–Crippen LogP) is 1.54. The third-order valence-corrected chi connectivity index (χ3v) is 2.50. The van der Waals surface area contributed by atoms with Crippen molar-refractivity contribution in [2.45, 2.75) is 6.92 Å². The monoisotopic (exact) mass is 216 g/mol. The van der Waals surface area contributed by atoms with E-state index in [1.165, 1.54) is 6.07 Å². The standard InChI is InChI=1S/C8H8O5S/c1-2-13-4-3-5(7(9)10)14-6(4)8(11)12/h3H,2H2,1H3,(H,9,10)(H,11,12). The summed E-state index contributed by atoms with van der Waals surface area (Å²) in [6, 6.07) is 1.22. The SMILES string of the molecule is CCOc1cc(C(=O)O)sc1C(=O)O. The average Bonchev–Trinajstić information content (AvgIpc) is 2.49. The van der Waals surface area contributed by atoms with Gasteiger partial charge in [0.15, 0.2) is 4.88 Å². The van der Waals surface area contributed by atoms with E-state index in [4.69, 9.17) is 14.9 Å². The van der Waals surface area contributed by atoms with Crippen LogP contribution in [-0.4, -0.2) is 28.8 Å². The fourth-order valence-corrected chi connectivity index (χ4v) is 1.67. The molecule has 0 fully saturated rings. The number of ether oxygens (including phenoxy) is 1. The van der Waals surface area contributed by atoms with Gasteiger partial charge in [0, 0.05) is 6.07 Å². The largest absolute Gasteiger partial charge is 0.492 e. The number of carboxylic acids is 2. The lowest BCUT2D eigenvalue weighted by Crippen LogP contribution is -1.98. The van der Waals surface area contributed by atoms with E-state index in [1.54, 1.807) is 6.92 Å². The quantitative estimate of drug-likeness (QED) is 0.797. The van der Waals surface area contributed by atoms with Crippen LogP contribution in [0.5, 0.6) is 5.75 Å². The molecular weight excluding hydrogens is 208 g/mol. The summed E-state index contributed by atoms with van der Waals surface area (Å²) in [6.45, 7) is 2.00. The van der Waals surface area contributed by atoms with Crippen molar-refractivity contribution >= 4 is 23.3 Å². The van der Waals surface area contributed by atoms with E-state index in [-0.39, 0.29) is 15.5 Å². The summed E-state index contributed by atoms with van der Waals surface area (Å²) in [4.78, 5) is 21.1. The molecule has 0 bridgehead atoms. The van der Waals surface area contributed by atoms with Crippen molar-refractivity contribution < 1.29 is 24.5 Å². The van der Waals surface area contributed by atoms with Gasteiger partial charge in [0.2, 0.25) is 0 Å². The molecule has 0 aliphatic rings. The zero-order chi connectivity index (χ0) is 10.7. The molecule has 1 heterocycles.